The van der Waals surface area contributed by atoms with Crippen LogP contribution in [0.5, 0.6) is 11.5 Å². The zero-order chi connectivity index (χ0) is 15.5. The van der Waals surface area contributed by atoms with E-state index < -0.39 is 0 Å². The first-order chi connectivity index (χ1) is 10.7. The lowest BCUT2D eigenvalue weighted by atomic mass is 10.1. The van der Waals surface area contributed by atoms with Crippen LogP contribution in [0.1, 0.15) is 10.4 Å². The van der Waals surface area contributed by atoms with E-state index in [9.17, 15) is 4.79 Å². The maximum absolute atomic E-state index is 12.0. The van der Waals surface area contributed by atoms with E-state index in [1.165, 1.54) is 0 Å². The highest BCUT2D eigenvalue weighted by Gasteiger charge is 2.23. The molecular weight excluding hydrogens is 300 g/mol. The summed E-state index contributed by atoms with van der Waals surface area (Å²) in [4.78, 5) is 13.0. The summed E-state index contributed by atoms with van der Waals surface area (Å²) in [5.41, 5.74) is 1.30. The fourth-order valence-corrected chi connectivity index (χ4v) is 2.81. The molecule has 0 aliphatic carbocycles. The molecule has 0 bridgehead atoms. The third-order valence-electron chi connectivity index (χ3n) is 3.23. The van der Waals surface area contributed by atoms with Gasteiger partial charge in [0, 0.05) is 10.4 Å². The third kappa shape index (κ3) is 2.76. The SMILES string of the molecule is COc1ccc(C2=C/C(=C/c3cccs3)C(=O)O2)cc1OC. The van der Waals surface area contributed by atoms with Crippen LogP contribution in [0.25, 0.3) is 11.8 Å². The fraction of sp³-hybridized carbons (Fsp3) is 0.118. The number of rotatable bonds is 4. The summed E-state index contributed by atoms with van der Waals surface area (Å²) in [6, 6.07) is 9.29. The molecule has 0 N–H and O–H groups in total. The van der Waals surface area contributed by atoms with Gasteiger partial charge in [-0.3, -0.25) is 0 Å². The van der Waals surface area contributed by atoms with Crippen LogP contribution in [0, 0.1) is 0 Å². The minimum atomic E-state index is -0.349. The number of methoxy groups -OCH3 is 2. The molecular formula is C17H14O4S. The van der Waals surface area contributed by atoms with Gasteiger partial charge in [0.25, 0.3) is 0 Å². The van der Waals surface area contributed by atoms with E-state index in [2.05, 4.69) is 0 Å². The highest BCUT2D eigenvalue weighted by Crippen LogP contribution is 2.34. The normalized spacial score (nSPS) is 15.6. The van der Waals surface area contributed by atoms with Crippen molar-refractivity contribution in [1.82, 2.24) is 0 Å². The number of ether oxygens (including phenoxy) is 3. The van der Waals surface area contributed by atoms with Gasteiger partial charge in [-0.1, -0.05) is 6.07 Å². The summed E-state index contributed by atoms with van der Waals surface area (Å²) in [5, 5.41) is 1.96. The van der Waals surface area contributed by atoms with E-state index in [0.717, 1.165) is 10.4 Å². The van der Waals surface area contributed by atoms with Crippen LogP contribution in [0.15, 0.2) is 47.4 Å². The molecule has 0 saturated heterocycles. The second-order valence-electron chi connectivity index (χ2n) is 4.58. The van der Waals surface area contributed by atoms with Gasteiger partial charge in [-0.15, -0.1) is 11.3 Å². The van der Waals surface area contributed by atoms with Crippen molar-refractivity contribution < 1.29 is 19.0 Å². The number of esters is 1. The Kier molecular flexibility index (Phi) is 3.98. The van der Waals surface area contributed by atoms with Crippen molar-refractivity contribution in [3.63, 3.8) is 0 Å². The van der Waals surface area contributed by atoms with E-state index >= 15 is 0 Å². The Bertz CT molecular complexity index is 757. The van der Waals surface area contributed by atoms with Crippen molar-refractivity contribution in [2.45, 2.75) is 0 Å². The van der Waals surface area contributed by atoms with E-state index in [-0.39, 0.29) is 5.97 Å². The average molecular weight is 314 g/mol. The molecule has 22 heavy (non-hydrogen) atoms. The van der Waals surface area contributed by atoms with E-state index in [1.807, 2.05) is 29.7 Å². The summed E-state index contributed by atoms with van der Waals surface area (Å²) < 4.78 is 15.8. The van der Waals surface area contributed by atoms with E-state index in [1.54, 1.807) is 43.8 Å². The standard InChI is InChI=1S/C17H14O4S/c1-19-14-6-5-11(9-16(14)20-2)15-10-12(17(18)21-15)8-13-4-3-7-22-13/h3-10H,1-2H3/b12-8-. The van der Waals surface area contributed by atoms with Gasteiger partial charge in [0.2, 0.25) is 0 Å². The van der Waals surface area contributed by atoms with Gasteiger partial charge < -0.3 is 14.2 Å². The molecule has 0 atom stereocenters. The van der Waals surface area contributed by atoms with E-state index in [0.29, 0.717) is 22.8 Å². The van der Waals surface area contributed by atoms with E-state index in [4.69, 9.17) is 14.2 Å². The third-order valence-corrected chi connectivity index (χ3v) is 4.05. The van der Waals surface area contributed by atoms with Crippen LogP contribution in [0.2, 0.25) is 0 Å². The minimum absolute atomic E-state index is 0.349. The molecule has 1 aromatic heterocycles. The minimum Gasteiger partial charge on any atom is -0.493 e. The number of carbonyl (C=O) groups excluding carboxylic acids is 1. The molecule has 1 aliphatic rings. The number of carbonyl (C=O) groups is 1. The van der Waals surface area contributed by atoms with Crippen molar-refractivity contribution in [2.24, 2.45) is 0 Å². The number of thiophene rings is 1. The predicted molar refractivity (Wildman–Crippen MR) is 85.9 cm³/mol. The lowest BCUT2D eigenvalue weighted by molar-refractivity contribution is -0.130. The lowest BCUT2D eigenvalue weighted by Crippen LogP contribution is -1.97. The number of cyclic esters (lactones) is 1. The van der Waals surface area contributed by atoms with Gasteiger partial charge in [0.15, 0.2) is 11.5 Å². The van der Waals surface area contributed by atoms with Crippen molar-refractivity contribution in [3.8, 4) is 11.5 Å². The molecule has 0 saturated carbocycles. The van der Waals surface area contributed by atoms with Crippen LogP contribution in [-0.2, 0) is 9.53 Å². The largest absolute Gasteiger partial charge is 0.493 e. The molecule has 0 amide bonds. The molecule has 4 nitrogen and oxygen atoms in total. The topological polar surface area (TPSA) is 44.8 Å². The number of hydrogen-bond donors (Lipinski definition) is 0. The van der Waals surface area contributed by atoms with Crippen molar-refractivity contribution in [3.05, 3.63) is 57.8 Å². The Morgan fingerprint density at radius 3 is 2.64 bits per heavy atom. The molecule has 1 aromatic carbocycles. The van der Waals surface area contributed by atoms with Crippen LogP contribution in [-0.4, -0.2) is 20.2 Å². The number of hydrogen-bond acceptors (Lipinski definition) is 5. The van der Waals surface area contributed by atoms with Crippen molar-refractivity contribution >= 4 is 29.1 Å². The molecule has 1 aliphatic heterocycles. The van der Waals surface area contributed by atoms with Crippen LogP contribution < -0.4 is 9.47 Å². The fourth-order valence-electron chi connectivity index (χ4n) is 2.15. The maximum atomic E-state index is 12.0. The van der Waals surface area contributed by atoms with Gasteiger partial charge in [-0.25, -0.2) is 4.79 Å². The first kappa shape index (κ1) is 14.4. The molecule has 0 radical (unpaired) electrons. The smallest absolute Gasteiger partial charge is 0.343 e. The first-order valence-corrected chi connectivity index (χ1v) is 7.50. The second kappa shape index (κ2) is 6.07. The Morgan fingerprint density at radius 1 is 1.14 bits per heavy atom. The summed E-state index contributed by atoms with van der Waals surface area (Å²) in [5.74, 6) is 1.38. The Balaban J connectivity index is 1.94. The first-order valence-electron chi connectivity index (χ1n) is 6.63. The van der Waals surface area contributed by atoms with Gasteiger partial charge in [0.1, 0.15) is 5.76 Å². The average Bonchev–Trinajstić information content (AvgIpc) is 3.17. The Labute approximate surface area is 132 Å². The van der Waals surface area contributed by atoms with Gasteiger partial charge in [-0.2, -0.15) is 0 Å². The molecule has 0 spiro atoms. The van der Waals surface area contributed by atoms with Crippen molar-refractivity contribution in [2.75, 3.05) is 14.2 Å². The highest BCUT2D eigenvalue weighted by atomic mass is 32.1. The molecule has 3 rings (SSSR count). The Morgan fingerprint density at radius 2 is 1.95 bits per heavy atom. The van der Waals surface area contributed by atoms with Gasteiger partial charge in [0.05, 0.1) is 19.8 Å². The molecule has 2 aromatic rings. The molecule has 0 unspecified atom stereocenters. The lowest BCUT2D eigenvalue weighted by Gasteiger charge is -2.09. The monoisotopic (exact) mass is 314 g/mol. The van der Waals surface area contributed by atoms with Crippen LogP contribution in [0.4, 0.5) is 0 Å². The molecule has 2 heterocycles. The summed E-state index contributed by atoms with van der Waals surface area (Å²) in [6.45, 7) is 0. The van der Waals surface area contributed by atoms with Crippen LogP contribution in [0.3, 0.4) is 0 Å². The zero-order valence-corrected chi connectivity index (χ0v) is 13.0. The second-order valence-corrected chi connectivity index (χ2v) is 5.56. The van der Waals surface area contributed by atoms with Crippen molar-refractivity contribution in [1.29, 1.82) is 0 Å². The molecule has 112 valence electrons. The zero-order valence-electron chi connectivity index (χ0n) is 12.2. The Hall–Kier alpha value is -2.53. The van der Waals surface area contributed by atoms with Crippen LogP contribution >= 0.6 is 11.3 Å². The highest BCUT2D eigenvalue weighted by molar-refractivity contribution is 7.10. The quantitative estimate of drug-likeness (QED) is 0.637. The van der Waals surface area contributed by atoms with Gasteiger partial charge in [-0.05, 0) is 41.8 Å². The molecule has 0 fully saturated rings. The maximum Gasteiger partial charge on any atom is 0.343 e. The predicted octanol–water partition coefficient (Wildman–Crippen LogP) is 3.75. The van der Waals surface area contributed by atoms with Gasteiger partial charge >= 0.3 is 5.97 Å². The summed E-state index contributed by atoms with van der Waals surface area (Å²) >= 11 is 1.57. The number of benzene rings is 1. The summed E-state index contributed by atoms with van der Waals surface area (Å²) in [6.07, 6.45) is 3.56. The molecule has 5 heteroatoms. The summed E-state index contributed by atoms with van der Waals surface area (Å²) in [7, 11) is 3.15.